The summed E-state index contributed by atoms with van der Waals surface area (Å²) in [4.78, 5) is 15.3. The smallest absolute Gasteiger partial charge is 0.407 e. The lowest BCUT2D eigenvalue weighted by Crippen LogP contribution is -2.24. The average Bonchev–Trinajstić information content (AvgIpc) is 2.52. The molecule has 1 amide bonds. The first-order chi connectivity index (χ1) is 10.6. The van der Waals surface area contributed by atoms with E-state index in [2.05, 4.69) is 10.3 Å². The Morgan fingerprint density at radius 1 is 1.36 bits per heavy atom. The van der Waals surface area contributed by atoms with Crippen LogP contribution in [0, 0.1) is 5.82 Å². The molecule has 0 aliphatic heterocycles. The molecule has 1 heterocycles. The van der Waals surface area contributed by atoms with Gasteiger partial charge in [0, 0.05) is 12.6 Å². The van der Waals surface area contributed by atoms with Crippen LogP contribution in [-0.4, -0.2) is 17.6 Å². The molecule has 22 heavy (non-hydrogen) atoms. The predicted octanol–water partition coefficient (Wildman–Crippen LogP) is 2.74. The van der Waals surface area contributed by atoms with Gasteiger partial charge in [-0.15, -0.1) is 0 Å². The van der Waals surface area contributed by atoms with Crippen LogP contribution in [0.3, 0.4) is 0 Å². The van der Waals surface area contributed by atoms with Crippen molar-refractivity contribution in [3.8, 4) is 0 Å². The number of rotatable bonds is 5. The number of halogens is 1. The first-order valence-electron chi connectivity index (χ1n) is 6.67. The van der Waals surface area contributed by atoms with E-state index in [1.165, 1.54) is 6.07 Å². The molecule has 0 saturated heterocycles. The van der Waals surface area contributed by atoms with Crippen LogP contribution < -0.4 is 11.1 Å². The fourth-order valence-electron chi connectivity index (χ4n) is 1.69. The van der Waals surface area contributed by atoms with Crippen molar-refractivity contribution in [2.24, 2.45) is 0 Å². The maximum absolute atomic E-state index is 12.8. The number of ether oxygens (including phenoxy) is 1. The Morgan fingerprint density at radius 2 is 2.14 bits per heavy atom. The van der Waals surface area contributed by atoms with Crippen LogP contribution in [0.4, 0.5) is 14.9 Å². The van der Waals surface area contributed by atoms with E-state index >= 15 is 0 Å². The number of carbonyl (C=O) groups excluding carboxylic acids is 1. The van der Waals surface area contributed by atoms with Crippen molar-refractivity contribution in [3.63, 3.8) is 0 Å². The van der Waals surface area contributed by atoms with Gasteiger partial charge in [0.1, 0.15) is 12.4 Å². The molecule has 0 bridgehead atoms. The van der Waals surface area contributed by atoms with Crippen LogP contribution in [0.25, 0.3) is 6.08 Å². The van der Waals surface area contributed by atoms with Crippen molar-refractivity contribution in [2.45, 2.75) is 6.61 Å². The van der Waals surface area contributed by atoms with E-state index in [0.717, 1.165) is 11.8 Å². The first-order valence-corrected chi connectivity index (χ1v) is 6.67. The van der Waals surface area contributed by atoms with Crippen molar-refractivity contribution >= 4 is 17.9 Å². The van der Waals surface area contributed by atoms with Gasteiger partial charge in [-0.05, 0) is 11.6 Å². The van der Waals surface area contributed by atoms with Crippen molar-refractivity contribution in [2.75, 3.05) is 12.3 Å². The predicted molar refractivity (Wildman–Crippen MR) is 82.3 cm³/mol. The monoisotopic (exact) mass is 301 g/mol. The number of carbonyl (C=O) groups is 1. The first kappa shape index (κ1) is 15.5. The van der Waals surface area contributed by atoms with Crippen molar-refractivity contribution in [1.82, 2.24) is 10.3 Å². The molecule has 0 unspecified atom stereocenters. The van der Waals surface area contributed by atoms with E-state index in [-0.39, 0.29) is 18.8 Å². The number of alkyl carbamates (subject to hydrolysis) is 1. The summed E-state index contributed by atoms with van der Waals surface area (Å²) in [5.74, 6) is -0.489. The molecule has 6 heteroatoms. The summed E-state index contributed by atoms with van der Waals surface area (Å²) in [7, 11) is 0. The second kappa shape index (κ2) is 7.78. The van der Waals surface area contributed by atoms with E-state index in [0.29, 0.717) is 5.69 Å². The number of anilines is 1. The molecule has 0 radical (unpaired) electrons. The third-order valence-electron chi connectivity index (χ3n) is 2.77. The highest BCUT2D eigenvalue weighted by Crippen LogP contribution is 2.11. The number of hydrogen-bond donors (Lipinski definition) is 2. The standard InChI is InChI=1S/C16H16FN3O2/c17-13-9-14(18)15(20-10-13)7-4-8-19-16(21)22-11-12-5-2-1-3-6-12/h1-7,9-10H,8,11,18H2,(H,19,21). The highest BCUT2D eigenvalue weighted by atomic mass is 19.1. The fourth-order valence-corrected chi connectivity index (χ4v) is 1.69. The topological polar surface area (TPSA) is 77.2 Å². The van der Waals surface area contributed by atoms with Gasteiger partial charge in [-0.2, -0.15) is 0 Å². The zero-order valence-electron chi connectivity index (χ0n) is 11.8. The molecule has 2 rings (SSSR count). The third kappa shape index (κ3) is 4.90. The molecular weight excluding hydrogens is 285 g/mol. The van der Waals surface area contributed by atoms with Crippen molar-refractivity contribution < 1.29 is 13.9 Å². The number of hydrogen-bond acceptors (Lipinski definition) is 4. The number of nitrogens with two attached hydrogens (primary N) is 1. The molecule has 1 aromatic carbocycles. The Kier molecular flexibility index (Phi) is 5.48. The largest absolute Gasteiger partial charge is 0.445 e. The lowest BCUT2D eigenvalue weighted by atomic mass is 10.2. The van der Waals surface area contributed by atoms with Crippen LogP contribution in [0.15, 0.2) is 48.7 Å². The molecule has 3 N–H and O–H groups in total. The maximum Gasteiger partial charge on any atom is 0.407 e. The zero-order chi connectivity index (χ0) is 15.8. The van der Waals surface area contributed by atoms with Gasteiger partial charge in [0.2, 0.25) is 0 Å². The second-order valence-corrected chi connectivity index (χ2v) is 4.47. The van der Waals surface area contributed by atoms with Crippen LogP contribution in [0.2, 0.25) is 0 Å². The highest BCUT2D eigenvalue weighted by Gasteiger charge is 2.01. The summed E-state index contributed by atoms with van der Waals surface area (Å²) >= 11 is 0. The lowest BCUT2D eigenvalue weighted by Gasteiger charge is -2.05. The molecule has 0 aliphatic rings. The summed E-state index contributed by atoms with van der Waals surface area (Å²) in [5.41, 5.74) is 7.21. The van der Waals surface area contributed by atoms with Crippen molar-refractivity contribution in [3.05, 3.63) is 65.7 Å². The molecule has 0 aliphatic carbocycles. The molecule has 1 aromatic heterocycles. The maximum atomic E-state index is 12.8. The Morgan fingerprint density at radius 3 is 2.86 bits per heavy atom. The van der Waals surface area contributed by atoms with Gasteiger partial charge in [0.15, 0.2) is 0 Å². The Labute approximate surface area is 127 Å². The van der Waals surface area contributed by atoms with Gasteiger partial charge >= 0.3 is 6.09 Å². The number of pyridine rings is 1. The molecule has 0 atom stereocenters. The van der Waals surface area contributed by atoms with Crippen LogP contribution >= 0.6 is 0 Å². The second-order valence-electron chi connectivity index (χ2n) is 4.47. The minimum absolute atomic E-state index is 0.211. The lowest BCUT2D eigenvalue weighted by molar-refractivity contribution is 0.141. The summed E-state index contributed by atoms with van der Waals surface area (Å²) in [6.45, 7) is 0.467. The van der Waals surface area contributed by atoms with Gasteiger partial charge in [-0.3, -0.25) is 4.98 Å². The van der Waals surface area contributed by atoms with Crippen LogP contribution in [0.5, 0.6) is 0 Å². The van der Waals surface area contributed by atoms with Gasteiger partial charge in [0.05, 0.1) is 17.6 Å². The summed E-state index contributed by atoms with van der Waals surface area (Å²) in [5, 5.41) is 2.56. The Balaban J connectivity index is 1.73. The molecular formula is C16H16FN3O2. The normalized spacial score (nSPS) is 10.6. The Hall–Kier alpha value is -2.89. The van der Waals surface area contributed by atoms with E-state index in [1.54, 1.807) is 12.2 Å². The zero-order valence-corrected chi connectivity index (χ0v) is 11.8. The molecule has 2 aromatic rings. The molecule has 114 valence electrons. The molecule has 0 spiro atoms. The number of amides is 1. The minimum Gasteiger partial charge on any atom is -0.445 e. The van der Waals surface area contributed by atoms with Gasteiger partial charge in [-0.25, -0.2) is 9.18 Å². The van der Waals surface area contributed by atoms with Crippen molar-refractivity contribution in [1.29, 1.82) is 0 Å². The quantitative estimate of drug-likeness (QED) is 0.890. The minimum atomic E-state index is -0.520. The van der Waals surface area contributed by atoms with Gasteiger partial charge in [-0.1, -0.05) is 36.4 Å². The summed E-state index contributed by atoms with van der Waals surface area (Å²) < 4.78 is 17.9. The SMILES string of the molecule is Nc1cc(F)cnc1C=CCNC(=O)OCc1ccccc1. The third-order valence-corrected chi connectivity index (χ3v) is 2.77. The van der Waals surface area contributed by atoms with E-state index in [9.17, 15) is 9.18 Å². The Bertz CT molecular complexity index is 660. The van der Waals surface area contributed by atoms with E-state index in [1.807, 2.05) is 30.3 Å². The van der Waals surface area contributed by atoms with E-state index in [4.69, 9.17) is 10.5 Å². The average molecular weight is 301 g/mol. The summed E-state index contributed by atoms with van der Waals surface area (Å²) in [6.07, 6.45) is 3.82. The van der Waals surface area contributed by atoms with Crippen LogP contribution in [0.1, 0.15) is 11.3 Å². The van der Waals surface area contributed by atoms with Crippen LogP contribution in [-0.2, 0) is 11.3 Å². The number of aromatic nitrogens is 1. The molecule has 0 saturated carbocycles. The molecule has 5 nitrogen and oxygen atoms in total. The fraction of sp³-hybridized carbons (Fsp3) is 0.125. The highest BCUT2D eigenvalue weighted by molar-refractivity contribution is 5.68. The number of nitrogens with one attached hydrogen (secondary N) is 1. The van der Waals surface area contributed by atoms with E-state index < -0.39 is 11.9 Å². The van der Waals surface area contributed by atoms with Gasteiger partial charge in [0.25, 0.3) is 0 Å². The number of nitrogens with zero attached hydrogens (tertiary/aromatic N) is 1. The van der Waals surface area contributed by atoms with Gasteiger partial charge < -0.3 is 15.8 Å². The molecule has 0 fully saturated rings. The summed E-state index contributed by atoms with van der Waals surface area (Å²) in [6, 6.07) is 10.6. The number of benzene rings is 1. The number of nitrogen functional groups attached to an aromatic ring is 1.